The Labute approximate surface area is 184 Å². The number of aliphatic hydroxyl groups is 1. The number of rotatable bonds is 5. The van der Waals surface area contributed by atoms with E-state index in [1.807, 2.05) is 13.8 Å². The molecule has 162 valence electrons. The van der Waals surface area contributed by atoms with E-state index in [4.69, 9.17) is 4.74 Å². The topological polar surface area (TPSA) is 79.7 Å². The summed E-state index contributed by atoms with van der Waals surface area (Å²) < 4.78 is 19.2. The molecular weight excluding hydrogens is 411 g/mol. The molecule has 4 rings (SSSR count). The van der Waals surface area contributed by atoms with Gasteiger partial charge in [-0.25, -0.2) is 9.37 Å². The van der Waals surface area contributed by atoms with Gasteiger partial charge in [-0.05, 0) is 67.9 Å². The first-order chi connectivity index (χ1) is 15.4. The molecule has 0 unspecified atom stereocenters. The lowest BCUT2D eigenvalue weighted by atomic mass is 9.95. The van der Waals surface area contributed by atoms with Gasteiger partial charge in [0.1, 0.15) is 23.1 Å². The Balaban J connectivity index is 1.85. The number of nitrogens with zero attached hydrogens (tertiary/aromatic N) is 2. The third-order valence-corrected chi connectivity index (χ3v) is 5.03. The highest BCUT2D eigenvalue weighted by atomic mass is 19.1. The van der Waals surface area contributed by atoms with Gasteiger partial charge < -0.3 is 9.84 Å². The zero-order chi connectivity index (χ0) is 22.8. The lowest BCUT2D eigenvalue weighted by Crippen LogP contribution is -2.30. The third-order valence-electron chi connectivity index (χ3n) is 5.03. The number of ether oxygens (including phenoxy) is 1. The van der Waals surface area contributed by atoms with Crippen LogP contribution in [0.15, 0.2) is 78.5 Å². The first-order valence-corrected chi connectivity index (χ1v) is 10.1. The molecule has 1 aromatic heterocycles. The maximum absolute atomic E-state index is 13.6. The van der Waals surface area contributed by atoms with Gasteiger partial charge in [-0.15, -0.1) is 0 Å². The molecule has 0 aliphatic carbocycles. The van der Waals surface area contributed by atoms with Crippen molar-refractivity contribution in [1.82, 2.24) is 4.98 Å². The molecule has 1 fully saturated rings. The van der Waals surface area contributed by atoms with Crippen LogP contribution in [-0.4, -0.2) is 27.9 Å². The fourth-order valence-corrected chi connectivity index (χ4v) is 3.64. The van der Waals surface area contributed by atoms with Gasteiger partial charge in [0.15, 0.2) is 0 Å². The summed E-state index contributed by atoms with van der Waals surface area (Å²) in [5.74, 6) is -1.58. The maximum Gasteiger partial charge on any atom is 0.301 e. The van der Waals surface area contributed by atoms with Crippen LogP contribution in [0.4, 0.5) is 10.2 Å². The second-order valence-electron chi connectivity index (χ2n) is 7.60. The molecule has 1 amide bonds. The van der Waals surface area contributed by atoms with Crippen LogP contribution < -0.4 is 9.64 Å². The van der Waals surface area contributed by atoms with Gasteiger partial charge in [-0.3, -0.25) is 14.5 Å². The summed E-state index contributed by atoms with van der Waals surface area (Å²) in [4.78, 5) is 31.4. The highest BCUT2D eigenvalue weighted by molar-refractivity contribution is 6.51. The number of aliphatic hydroxyl groups excluding tert-OH is 1. The smallest absolute Gasteiger partial charge is 0.301 e. The molecule has 0 bridgehead atoms. The van der Waals surface area contributed by atoms with Crippen LogP contribution in [0, 0.1) is 5.82 Å². The molecule has 7 heteroatoms. The number of pyridine rings is 1. The fraction of sp³-hybridized carbons (Fsp3) is 0.160. The van der Waals surface area contributed by atoms with E-state index in [0.717, 1.165) is 0 Å². The number of carbonyl (C=O) groups is 2. The summed E-state index contributed by atoms with van der Waals surface area (Å²) in [5.41, 5.74) is 0.731. The molecule has 1 atom stereocenters. The number of Topliss-reactive ketones (excluding diaryl/α,β-unsaturated/α-hetero) is 1. The highest BCUT2D eigenvalue weighted by Crippen LogP contribution is 2.41. The molecule has 1 N–H and O–H groups in total. The van der Waals surface area contributed by atoms with Crippen molar-refractivity contribution >= 4 is 23.3 Å². The summed E-state index contributed by atoms with van der Waals surface area (Å²) >= 11 is 0. The van der Waals surface area contributed by atoms with E-state index < -0.39 is 23.5 Å². The summed E-state index contributed by atoms with van der Waals surface area (Å²) in [5, 5.41) is 11.1. The average Bonchev–Trinajstić information content (AvgIpc) is 3.05. The first-order valence-electron chi connectivity index (χ1n) is 10.1. The van der Waals surface area contributed by atoms with Gasteiger partial charge in [0, 0.05) is 11.8 Å². The Morgan fingerprint density at radius 2 is 1.72 bits per heavy atom. The average molecular weight is 432 g/mol. The predicted molar refractivity (Wildman–Crippen MR) is 118 cm³/mol. The number of hydrogen-bond acceptors (Lipinski definition) is 5. The molecule has 2 aromatic carbocycles. The van der Waals surface area contributed by atoms with Crippen molar-refractivity contribution in [2.75, 3.05) is 4.90 Å². The van der Waals surface area contributed by atoms with Gasteiger partial charge in [-0.1, -0.05) is 18.2 Å². The molecule has 1 saturated heterocycles. The van der Waals surface area contributed by atoms with Crippen molar-refractivity contribution < 1.29 is 23.8 Å². The van der Waals surface area contributed by atoms with Crippen molar-refractivity contribution in [3.05, 3.63) is 95.4 Å². The van der Waals surface area contributed by atoms with Crippen LogP contribution in [0.1, 0.15) is 31.0 Å². The zero-order valence-corrected chi connectivity index (χ0v) is 17.5. The number of anilines is 1. The van der Waals surface area contributed by atoms with E-state index in [0.29, 0.717) is 16.9 Å². The molecule has 0 saturated carbocycles. The van der Waals surface area contributed by atoms with E-state index in [-0.39, 0.29) is 23.3 Å². The van der Waals surface area contributed by atoms with Crippen molar-refractivity contribution in [1.29, 1.82) is 0 Å². The van der Waals surface area contributed by atoms with Crippen LogP contribution in [0.3, 0.4) is 0 Å². The number of halogens is 1. The van der Waals surface area contributed by atoms with Crippen LogP contribution in [0.5, 0.6) is 5.75 Å². The highest BCUT2D eigenvalue weighted by Gasteiger charge is 2.47. The summed E-state index contributed by atoms with van der Waals surface area (Å²) in [6.45, 7) is 3.80. The maximum atomic E-state index is 13.6. The van der Waals surface area contributed by atoms with Crippen LogP contribution >= 0.6 is 0 Å². The molecule has 1 aliphatic rings. The van der Waals surface area contributed by atoms with Crippen molar-refractivity contribution in [2.24, 2.45) is 0 Å². The molecular formula is C25H21FN2O4. The van der Waals surface area contributed by atoms with E-state index in [9.17, 15) is 19.1 Å². The van der Waals surface area contributed by atoms with Crippen molar-refractivity contribution in [3.8, 4) is 5.75 Å². The monoisotopic (exact) mass is 432 g/mol. The lowest BCUT2D eigenvalue weighted by Gasteiger charge is -2.24. The largest absolute Gasteiger partial charge is 0.507 e. The first kappa shape index (κ1) is 21.2. The minimum absolute atomic E-state index is 0.0170. The standard InChI is InChI=1S/C25H21FN2O4/c1-15(2)32-19-12-8-17(9-13-19)23(29)21-22(16-6-10-18(26)11-7-16)28(25(31)24(21)30)20-5-3-4-14-27-20/h3-15,22,29H,1-2H3/b23-21+/t22-/m1/s1. The second-order valence-corrected chi connectivity index (χ2v) is 7.60. The second kappa shape index (κ2) is 8.63. The zero-order valence-electron chi connectivity index (χ0n) is 17.5. The number of hydrogen-bond donors (Lipinski definition) is 1. The SMILES string of the molecule is CC(C)Oc1ccc(/C(O)=C2\C(=O)C(=O)N(c3ccccn3)[C@@H]2c2ccc(F)cc2)cc1. The van der Waals surface area contributed by atoms with Crippen LogP contribution in [0.25, 0.3) is 5.76 Å². The molecule has 0 spiro atoms. The number of carbonyl (C=O) groups excluding carboxylic acids is 2. The van der Waals surface area contributed by atoms with Crippen molar-refractivity contribution in [3.63, 3.8) is 0 Å². The predicted octanol–water partition coefficient (Wildman–Crippen LogP) is 4.63. The number of benzene rings is 2. The third kappa shape index (κ3) is 3.97. The Morgan fingerprint density at radius 3 is 2.31 bits per heavy atom. The Morgan fingerprint density at radius 1 is 1.03 bits per heavy atom. The van der Waals surface area contributed by atoms with Gasteiger partial charge in [0.2, 0.25) is 0 Å². The minimum Gasteiger partial charge on any atom is -0.507 e. The van der Waals surface area contributed by atoms with E-state index in [2.05, 4.69) is 4.98 Å². The van der Waals surface area contributed by atoms with Gasteiger partial charge in [-0.2, -0.15) is 0 Å². The van der Waals surface area contributed by atoms with Gasteiger partial charge >= 0.3 is 5.91 Å². The fourth-order valence-electron chi connectivity index (χ4n) is 3.64. The molecule has 0 radical (unpaired) electrons. The molecule has 1 aliphatic heterocycles. The van der Waals surface area contributed by atoms with E-state index >= 15 is 0 Å². The van der Waals surface area contributed by atoms with Gasteiger partial charge in [0.25, 0.3) is 5.78 Å². The Hall–Kier alpha value is -4.00. The number of aromatic nitrogens is 1. The Bertz CT molecular complexity index is 1170. The number of ketones is 1. The number of amides is 1. The Kier molecular flexibility index (Phi) is 5.73. The van der Waals surface area contributed by atoms with E-state index in [1.165, 1.54) is 35.4 Å². The molecule has 3 aromatic rings. The lowest BCUT2D eigenvalue weighted by molar-refractivity contribution is -0.132. The quantitative estimate of drug-likeness (QED) is 0.361. The van der Waals surface area contributed by atoms with E-state index in [1.54, 1.807) is 42.5 Å². The van der Waals surface area contributed by atoms with Gasteiger partial charge in [0.05, 0.1) is 17.7 Å². The van der Waals surface area contributed by atoms with Crippen molar-refractivity contribution in [2.45, 2.75) is 26.0 Å². The molecule has 32 heavy (non-hydrogen) atoms. The van der Waals surface area contributed by atoms with Crippen LogP contribution in [0.2, 0.25) is 0 Å². The molecule has 6 nitrogen and oxygen atoms in total. The molecule has 2 heterocycles. The summed E-state index contributed by atoms with van der Waals surface area (Å²) in [6, 6.07) is 16.0. The minimum atomic E-state index is -0.961. The summed E-state index contributed by atoms with van der Waals surface area (Å²) in [7, 11) is 0. The normalized spacial score (nSPS) is 17.8. The van der Waals surface area contributed by atoms with Crippen LogP contribution in [-0.2, 0) is 9.59 Å². The summed E-state index contributed by atoms with van der Waals surface area (Å²) in [6.07, 6.45) is 1.49.